The number of anilines is 1. The predicted molar refractivity (Wildman–Crippen MR) is 82.1 cm³/mol. The molecule has 0 radical (unpaired) electrons. The number of carbonyl (C=O) groups excluding carboxylic acids is 1. The van der Waals surface area contributed by atoms with Crippen LogP contribution in [0.2, 0.25) is 5.02 Å². The van der Waals surface area contributed by atoms with Crippen LogP contribution in [0.1, 0.15) is 16.1 Å². The van der Waals surface area contributed by atoms with E-state index in [2.05, 4.69) is 19.8 Å². The van der Waals surface area contributed by atoms with E-state index in [0.717, 1.165) is 0 Å². The van der Waals surface area contributed by atoms with Crippen molar-refractivity contribution in [2.24, 2.45) is 0 Å². The molecule has 0 saturated carbocycles. The topological polar surface area (TPSA) is 129 Å². The number of nitrogens with one attached hydrogen (secondary N) is 1. The van der Waals surface area contributed by atoms with Crippen molar-refractivity contribution in [3.63, 3.8) is 0 Å². The first-order chi connectivity index (χ1) is 11.3. The molecule has 24 heavy (non-hydrogen) atoms. The number of aromatic nitrogens is 4. The summed E-state index contributed by atoms with van der Waals surface area (Å²) in [5.41, 5.74) is -0.0889. The van der Waals surface area contributed by atoms with Crippen LogP contribution in [0.4, 0.5) is 5.69 Å². The van der Waals surface area contributed by atoms with Crippen LogP contribution in [-0.2, 0) is 10.0 Å². The number of aryl methyl sites for hydroxylation is 1. The van der Waals surface area contributed by atoms with Gasteiger partial charge in [0, 0.05) is 17.5 Å². The fourth-order valence-corrected chi connectivity index (χ4v) is 3.23. The van der Waals surface area contributed by atoms with Crippen molar-refractivity contribution < 1.29 is 18.3 Å². The van der Waals surface area contributed by atoms with E-state index in [-0.39, 0.29) is 16.5 Å². The highest BCUT2D eigenvalue weighted by Crippen LogP contribution is 2.27. The van der Waals surface area contributed by atoms with Gasteiger partial charge in [0.2, 0.25) is 0 Å². The SMILES string of the molecule is Cc1ccnc2nc(S(=O)(=O)Nc3c(Cl)cccc3C(=O)[O-])nn12. The van der Waals surface area contributed by atoms with Gasteiger partial charge in [-0.2, -0.15) is 13.4 Å². The third-order valence-corrected chi connectivity index (χ3v) is 4.56. The second-order valence-corrected chi connectivity index (χ2v) is 6.73. The van der Waals surface area contributed by atoms with Gasteiger partial charge in [-0.25, -0.2) is 9.50 Å². The number of halogens is 1. The number of rotatable bonds is 4. The quantitative estimate of drug-likeness (QED) is 0.700. The maximum Gasteiger partial charge on any atom is 0.299 e. The normalized spacial score (nSPS) is 11.6. The van der Waals surface area contributed by atoms with Crippen LogP contribution in [0, 0.1) is 6.92 Å². The van der Waals surface area contributed by atoms with Gasteiger partial charge in [0.15, 0.2) is 0 Å². The molecule has 124 valence electrons. The predicted octanol–water partition coefficient (Wildman–Crippen LogP) is 0.250. The van der Waals surface area contributed by atoms with Crippen LogP contribution in [0.3, 0.4) is 0 Å². The molecule has 3 aromatic rings. The Balaban J connectivity index is 2.09. The molecular formula is C13H9ClN5O4S-. The van der Waals surface area contributed by atoms with E-state index in [4.69, 9.17) is 11.6 Å². The molecular weight excluding hydrogens is 358 g/mol. The number of fused-ring (bicyclic) bond motifs is 1. The number of carbonyl (C=O) groups is 1. The standard InChI is InChI=1S/C13H10ClN5O4S/c1-7-5-6-15-12-16-13(17-19(7)12)24(22,23)18-10-8(11(20)21)3-2-4-9(10)14/h2-6,18H,1H3,(H,20,21)/p-1. The number of carboxylic acid groups (broad SMARTS) is 1. The zero-order valence-electron chi connectivity index (χ0n) is 12.1. The highest BCUT2D eigenvalue weighted by atomic mass is 35.5. The fraction of sp³-hybridized carbons (Fsp3) is 0.0769. The van der Waals surface area contributed by atoms with Crippen molar-refractivity contribution >= 4 is 39.1 Å². The molecule has 0 atom stereocenters. The molecule has 9 nitrogen and oxygen atoms in total. The first kappa shape index (κ1) is 16.1. The minimum Gasteiger partial charge on any atom is -0.545 e. The van der Waals surface area contributed by atoms with E-state index < -0.39 is 26.7 Å². The van der Waals surface area contributed by atoms with Crippen LogP contribution in [0.25, 0.3) is 5.78 Å². The highest BCUT2D eigenvalue weighted by Gasteiger charge is 2.24. The molecule has 11 heteroatoms. The summed E-state index contributed by atoms with van der Waals surface area (Å²) in [6.07, 6.45) is 1.46. The van der Waals surface area contributed by atoms with Gasteiger partial charge in [-0.1, -0.05) is 23.7 Å². The number of benzene rings is 1. The Morgan fingerprint density at radius 2 is 2.08 bits per heavy atom. The summed E-state index contributed by atoms with van der Waals surface area (Å²) in [5.74, 6) is -1.48. The molecule has 0 saturated heterocycles. The monoisotopic (exact) mass is 366 g/mol. The van der Waals surface area contributed by atoms with Crippen molar-refractivity contribution in [1.29, 1.82) is 0 Å². The van der Waals surface area contributed by atoms with Gasteiger partial charge < -0.3 is 9.90 Å². The summed E-state index contributed by atoms with van der Waals surface area (Å²) in [4.78, 5) is 18.9. The third-order valence-electron chi connectivity index (χ3n) is 3.12. The number of para-hydroxylation sites is 1. The van der Waals surface area contributed by atoms with E-state index in [1.54, 1.807) is 13.0 Å². The Morgan fingerprint density at radius 3 is 2.75 bits per heavy atom. The summed E-state index contributed by atoms with van der Waals surface area (Å²) in [5, 5.41) is 14.3. The Morgan fingerprint density at radius 1 is 1.33 bits per heavy atom. The lowest BCUT2D eigenvalue weighted by molar-refractivity contribution is -0.254. The van der Waals surface area contributed by atoms with Crippen LogP contribution in [0.15, 0.2) is 35.6 Å². The second kappa shape index (κ2) is 5.73. The Kier molecular flexibility index (Phi) is 3.85. The second-order valence-electron chi connectivity index (χ2n) is 4.75. The van der Waals surface area contributed by atoms with E-state index in [1.165, 1.54) is 28.9 Å². The Bertz CT molecular complexity index is 1060. The number of sulfonamides is 1. The lowest BCUT2D eigenvalue weighted by Crippen LogP contribution is -2.25. The van der Waals surface area contributed by atoms with E-state index in [1.807, 2.05) is 0 Å². The first-order valence-electron chi connectivity index (χ1n) is 6.50. The minimum absolute atomic E-state index is 0.0923. The number of carboxylic acids is 1. The van der Waals surface area contributed by atoms with Gasteiger partial charge in [-0.05, 0) is 19.1 Å². The molecule has 1 N–H and O–H groups in total. The molecule has 0 fully saturated rings. The molecule has 2 aromatic heterocycles. The Hall–Kier alpha value is -2.72. The first-order valence-corrected chi connectivity index (χ1v) is 8.37. The molecule has 0 aliphatic heterocycles. The summed E-state index contributed by atoms with van der Waals surface area (Å²) >= 11 is 5.89. The van der Waals surface area contributed by atoms with Crippen molar-refractivity contribution in [2.45, 2.75) is 12.1 Å². The summed E-state index contributed by atoms with van der Waals surface area (Å²) in [6, 6.07) is 5.51. The average Bonchev–Trinajstić information content (AvgIpc) is 2.95. The molecule has 0 unspecified atom stereocenters. The van der Waals surface area contributed by atoms with E-state index in [9.17, 15) is 18.3 Å². The average molecular weight is 367 g/mol. The number of aromatic carboxylic acids is 1. The number of nitrogens with zero attached hydrogens (tertiary/aromatic N) is 4. The molecule has 0 spiro atoms. The molecule has 0 aliphatic rings. The number of hydrogen-bond acceptors (Lipinski definition) is 7. The summed E-state index contributed by atoms with van der Waals surface area (Å²) in [7, 11) is -4.28. The van der Waals surface area contributed by atoms with E-state index in [0.29, 0.717) is 5.69 Å². The Labute approximate surface area is 141 Å². The maximum absolute atomic E-state index is 12.5. The van der Waals surface area contributed by atoms with Gasteiger partial charge in [-0.15, -0.1) is 5.10 Å². The van der Waals surface area contributed by atoms with Crippen LogP contribution in [0.5, 0.6) is 0 Å². The molecule has 0 amide bonds. The van der Waals surface area contributed by atoms with Crippen LogP contribution in [-0.4, -0.2) is 34.0 Å². The molecule has 2 heterocycles. The van der Waals surface area contributed by atoms with Crippen LogP contribution >= 0.6 is 11.6 Å². The van der Waals surface area contributed by atoms with E-state index >= 15 is 0 Å². The molecule has 0 bridgehead atoms. The molecule has 1 aromatic carbocycles. The largest absolute Gasteiger partial charge is 0.545 e. The molecule has 0 aliphatic carbocycles. The third kappa shape index (κ3) is 2.76. The minimum atomic E-state index is -4.28. The van der Waals surface area contributed by atoms with Crippen LogP contribution < -0.4 is 9.83 Å². The summed E-state index contributed by atoms with van der Waals surface area (Å²) in [6.45, 7) is 1.70. The number of hydrogen-bond donors (Lipinski definition) is 1. The van der Waals surface area contributed by atoms with Gasteiger partial charge >= 0.3 is 0 Å². The molecule has 3 rings (SSSR count). The maximum atomic E-state index is 12.5. The van der Waals surface area contributed by atoms with Gasteiger partial charge in [0.25, 0.3) is 21.0 Å². The van der Waals surface area contributed by atoms with Crippen molar-refractivity contribution in [2.75, 3.05) is 4.72 Å². The fourth-order valence-electron chi connectivity index (χ4n) is 1.98. The lowest BCUT2D eigenvalue weighted by atomic mass is 10.2. The highest BCUT2D eigenvalue weighted by molar-refractivity contribution is 7.92. The van der Waals surface area contributed by atoms with Gasteiger partial charge in [-0.3, -0.25) is 4.72 Å². The van der Waals surface area contributed by atoms with Crippen molar-refractivity contribution in [3.8, 4) is 0 Å². The smallest absolute Gasteiger partial charge is 0.299 e. The van der Waals surface area contributed by atoms with Gasteiger partial charge in [0.1, 0.15) is 0 Å². The zero-order valence-corrected chi connectivity index (χ0v) is 13.7. The van der Waals surface area contributed by atoms with Crippen molar-refractivity contribution in [3.05, 3.63) is 46.7 Å². The van der Waals surface area contributed by atoms with Crippen molar-refractivity contribution in [1.82, 2.24) is 19.6 Å². The lowest BCUT2D eigenvalue weighted by Gasteiger charge is -2.13. The zero-order chi connectivity index (χ0) is 17.5. The summed E-state index contributed by atoms with van der Waals surface area (Å²) < 4.78 is 28.3. The van der Waals surface area contributed by atoms with Gasteiger partial charge in [0.05, 0.1) is 16.7 Å².